The molecule has 0 aliphatic rings. The Morgan fingerprint density at radius 2 is 2.06 bits per heavy atom. The number of nitrogen functional groups attached to an aromatic ring is 1. The molecule has 0 atom stereocenters. The Kier molecular flexibility index (Phi) is 3.00. The lowest BCUT2D eigenvalue weighted by Gasteiger charge is -2.10. The molecule has 0 bridgehead atoms. The molecule has 3 heteroatoms. The van der Waals surface area contributed by atoms with Gasteiger partial charge in [0.1, 0.15) is 0 Å². The second kappa shape index (κ2) is 4.45. The van der Waals surface area contributed by atoms with Gasteiger partial charge in [0.15, 0.2) is 0 Å². The van der Waals surface area contributed by atoms with E-state index in [0.717, 1.165) is 27.6 Å². The fourth-order valence-corrected chi connectivity index (χ4v) is 2.06. The minimum absolute atomic E-state index is 0.238. The van der Waals surface area contributed by atoms with Gasteiger partial charge in [0.25, 0.3) is 0 Å². The number of aryl methyl sites for hydroxylation is 1. The third-order valence-electron chi connectivity index (χ3n) is 2.93. The second-order valence-electron chi connectivity index (χ2n) is 4.06. The highest BCUT2D eigenvalue weighted by molar-refractivity contribution is 5.98. The maximum absolute atomic E-state index is 11.3. The van der Waals surface area contributed by atoms with Crippen LogP contribution < -0.4 is 5.73 Å². The van der Waals surface area contributed by atoms with Crippen LogP contribution in [0.5, 0.6) is 0 Å². The Hall–Kier alpha value is -2.03. The van der Waals surface area contributed by atoms with E-state index in [1.165, 1.54) is 7.11 Å². The van der Waals surface area contributed by atoms with Crippen LogP contribution in [0.25, 0.3) is 10.8 Å². The Morgan fingerprint density at radius 1 is 1.29 bits per heavy atom. The number of carbonyl (C=O) groups excluding carboxylic acids is 1. The average molecular weight is 229 g/mol. The molecule has 0 amide bonds. The monoisotopic (exact) mass is 229 g/mol. The van der Waals surface area contributed by atoms with Crippen LogP contribution in [-0.2, 0) is 16.0 Å². The molecular weight excluding hydrogens is 214 g/mol. The van der Waals surface area contributed by atoms with Gasteiger partial charge >= 0.3 is 5.97 Å². The van der Waals surface area contributed by atoms with Gasteiger partial charge in [-0.1, -0.05) is 24.3 Å². The number of rotatable bonds is 2. The van der Waals surface area contributed by atoms with E-state index in [4.69, 9.17) is 10.5 Å². The van der Waals surface area contributed by atoms with Crippen molar-refractivity contribution >= 4 is 22.4 Å². The molecule has 0 unspecified atom stereocenters. The fourth-order valence-electron chi connectivity index (χ4n) is 2.06. The van der Waals surface area contributed by atoms with Gasteiger partial charge in [-0.2, -0.15) is 0 Å². The first-order valence-electron chi connectivity index (χ1n) is 5.47. The number of fused-ring (bicyclic) bond motifs is 1. The van der Waals surface area contributed by atoms with Crippen molar-refractivity contribution in [1.82, 2.24) is 0 Å². The van der Waals surface area contributed by atoms with Crippen molar-refractivity contribution in [2.75, 3.05) is 12.8 Å². The number of benzene rings is 2. The van der Waals surface area contributed by atoms with Gasteiger partial charge in [-0.3, -0.25) is 4.79 Å². The summed E-state index contributed by atoms with van der Waals surface area (Å²) in [5.41, 5.74) is 8.78. The van der Waals surface area contributed by atoms with Gasteiger partial charge in [0.2, 0.25) is 0 Å². The van der Waals surface area contributed by atoms with Crippen LogP contribution in [0.3, 0.4) is 0 Å². The molecule has 0 aromatic heterocycles. The molecule has 2 rings (SSSR count). The summed E-state index contributed by atoms with van der Waals surface area (Å²) in [6.07, 6.45) is 0.275. The molecule has 0 saturated carbocycles. The average Bonchev–Trinajstić information content (AvgIpc) is 2.32. The summed E-state index contributed by atoms with van der Waals surface area (Å²) < 4.78 is 4.69. The highest BCUT2D eigenvalue weighted by Crippen LogP contribution is 2.27. The molecule has 0 radical (unpaired) electrons. The van der Waals surface area contributed by atoms with E-state index in [1.807, 2.05) is 37.3 Å². The summed E-state index contributed by atoms with van der Waals surface area (Å²) in [5, 5.41) is 2.05. The lowest BCUT2D eigenvalue weighted by Crippen LogP contribution is -2.05. The third-order valence-corrected chi connectivity index (χ3v) is 2.93. The molecule has 0 saturated heterocycles. The van der Waals surface area contributed by atoms with E-state index >= 15 is 0 Å². The Balaban J connectivity index is 2.62. The number of ether oxygens (including phenoxy) is 1. The first kappa shape index (κ1) is 11.5. The van der Waals surface area contributed by atoms with Crippen molar-refractivity contribution in [3.05, 3.63) is 41.5 Å². The summed E-state index contributed by atoms with van der Waals surface area (Å²) in [6.45, 7) is 2.01. The number of hydrogen-bond donors (Lipinski definition) is 1. The van der Waals surface area contributed by atoms with Crippen LogP contribution in [0.2, 0.25) is 0 Å². The summed E-state index contributed by atoms with van der Waals surface area (Å²) in [7, 11) is 1.40. The first-order chi connectivity index (χ1) is 8.13. The van der Waals surface area contributed by atoms with Crippen molar-refractivity contribution in [1.29, 1.82) is 0 Å². The van der Waals surface area contributed by atoms with Crippen molar-refractivity contribution in [2.45, 2.75) is 13.3 Å². The standard InChI is InChI=1S/C14H15NO2/c1-9-6-7-10(8-13(16)17-2)11-4-3-5-12(15)14(9)11/h3-7H,8,15H2,1-2H3. The molecule has 2 N–H and O–H groups in total. The van der Waals surface area contributed by atoms with E-state index < -0.39 is 0 Å². The first-order valence-corrected chi connectivity index (χ1v) is 5.47. The molecule has 3 nitrogen and oxygen atoms in total. The molecular formula is C14H15NO2. The summed E-state index contributed by atoms with van der Waals surface area (Å²) >= 11 is 0. The van der Waals surface area contributed by atoms with Gasteiger partial charge in [0.05, 0.1) is 13.5 Å². The lowest BCUT2D eigenvalue weighted by molar-refractivity contribution is -0.139. The molecule has 88 valence electrons. The highest BCUT2D eigenvalue weighted by atomic mass is 16.5. The summed E-state index contributed by atoms with van der Waals surface area (Å²) in [4.78, 5) is 11.3. The van der Waals surface area contributed by atoms with E-state index in [1.54, 1.807) is 0 Å². The maximum atomic E-state index is 11.3. The highest BCUT2D eigenvalue weighted by Gasteiger charge is 2.09. The number of nitrogens with two attached hydrogens (primary N) is 1. The van der Waals surface area contributed by atoms with Gasteiger partial charge in [-0.05, 0) is 29.5 Å². The Morgan fingerprint density at radius 3 is 2.76 bits per heavy atom. The van der Waals surface area contributed by atoms with Gasteiger partial charge in [-0.25, -0.2) is 0 Å². The van der Waals surface area contributed by atoms with Crippen molar-refractivity contribution in [3.63, 3.8) is 0 Å². The van der Waals surface area contributed by atoms with Gasteiger partial charge in [-0.15, -0.1) is 0 Å². The van der Waals surface area contributed by atoms with Crippen LogP contribution in [0, 0.1) is 6.92 Å². The van der Waals surface area contributed by atoms with Crippen LogP contribution in [0.15, 0.2) is 30.3 Å². The molecule has 0 spiro atoms. The largest absolute Gasteiger partial charge is 0.469 e. The van der Waals surface area contributed by atoms with Crippen LogP contribution in [0.4, 0.5) is 5.69 Å². The van der Waals surface area contributed by atoms with Crippen molar-refractivity contribution in [2.24, 2.45) is 0 Å². The van der Waals surface area contributed by atoms with E-state index in [0.29, 0.717) is 0 Å². The number of esters is 1. The minimum atomic E-state index is -0.238. The normalized spacial score (nSPS) is 10.5. The van der Waals surface area contributed by atoms with Crippen LogP contribution >= 0.6 is 0 Å². The van der Waals surface area contributed by atoms with Crippen LogP contribution in [-0.4, -0.2) is 13.1 Å². The molecule has 2 aromatic rings. The number of anilines is 1. The number of carbonyl (C=O) groups is 1. The zero-order chi connectivity index (χ0) is 12.4. The minimum Gasteiger partial charge on any atom is -0.469 e. The van der Waals surface area contributed by atoms with E-state index in [2.05, 4.69) is 0 Å². The molecule has 0 heterocycles. The summed E-state index contributed by atoms with van der Waals surface area (Å²) in [6, 6.07) is 9.69. The lowest BCUT2D eigenvalue weighted by atomic mass is 9.97. The SMILES string of the molecule is COC(=O)Cc1ccc(C)c2c(N)cccc12. The van der Waals surface area contributed by atoms with Gasteiger partial charge < -0.3 is 10.5 Å². The van der Waals surface area contributed by atoms with Crippen molar-refractivity contribution in [3.8, 4) is 0 Å². The topological polar surface area (TPSA) is 52.3 Å². The van der Waals surface area contributed by atoms with Gasteiger partial charge in [0, 0.05) is 11.1 Å². The smallest absolute Gasteiger partial charge is 0.309 e. The van der Waals surface area contributed by atoms with E-state index in [9.17, 15) is 4.79 Å². The molecule has 0 aliphatic carbocycles. The maximum Gasteiger partial charge on any atom is 0.309 e. The Bertz CT molecular complexity index is 567. The molecule has 17 heavy (non-hydrogen) atoms. The second-order valence-corrected chi connectivity index (χ2v) is 4.06. The number of methoxy groups -OCH3 is 1. The predicted molar refractivity (Wildman–Crippen MR) is 68.8 cm³/mol. The third kappa shape index (κ3) is 2.09. The molecule has 2 aromatic carbocycles. The predicted octanol–water partition coefficient (Wildman–Crippen LogP) is 2.45. The van der Waals surface area contributed by atoms with E-state index in [-0.39, 0.29) is 12.4 Å². The molecule has 0 fully saturated rings. The molecule has 0 aliphatic heterocycles. The summed E-state index contributed by atoms with van der Waals surface area (Å²) in [5.74, 6) is -0.238. The zero-order valence-electron chi connectivity index (χ0n) is 9.99. The van der Waals surface area contributed by atoms with Crippen LogP contribution in [0.1, 0.15) is 11.1 Å². The Labute approximate surface area is 100 Å². The zero-order valence-corrected chi connectivity index (χ0v) is 9.99. The number of hydrogen-bond acceptors (Lipinski definition) is 3. The quantitative estimate of drug-likeness (QED) is 0.635. The fraction of sp³-hybridized carbons (Fsp3) is 0.214. The van der Waals surface area contributed by atoms with Crippen molar-refractivity contribution < 1.29 is 9.53 Å².